The van der Waals surface area contributed by atoms with E-state index in [2.05, 4.69) is 21.3 Å². The monoisotopic (exact) mass is 1080 g/mol. The maximum atomic E-state index is 12.3. The zero-order valence-corrected chi connectivity index (χ0v) is 43.7. The zero-order valence-electron chi connectivity index (χ0n) is 42.9. The van der Waals surface area contributed by atoms with E-state index in [1.54, 1.807) is 13.8 Å². The minimum atomic E-state index is -1.16. The van der Waals surface area contributed by atoms with E-state index in [0.29, 0.717) is 31.6 Å². The number of aliphatic carboxylic acids is 3. The Bertz CT molecular complexity index is 1480. The quantitative estimate of drug-likeness (QED) is 0.0319. The molecule has 0 aliphatic heterocycles. The number of nitrogens with two attached hydrogens (primary N) is 1. The van der Waals surface area contributed by atoms with Crippen LogP contribution in [0.25, 0.3) is 0 Å². The predicted octanol–water partition coefficient (Wildman–Crippen LogP) is 6.10. The number of rotatable bonds is 49. The van der Waals surface area contributed by atoms with Crippen LogP contribution in [0, 0.1) is 5.92 Å². The van der Waals surface area contributed by atoms with Gasteiger partial charge in [-0.15, -0.1) is 0 Å². The molecule has 436 valence electrons. The molecule has 0 heterocycles. The smallest absolute Gasteiger partial charge is 0.326 e. The van der Waals surface area contributed by atoms with Gasteiger partial charge in [0, 0.05) is 57.7 Å². The Morgan fingerprint density at radius 3 is 1.39 bits per heavy atom. The second kappa shape index (κ2) is 56.5. The highest BCUT2D eigenvalue weighted by atomic mass is 32.2. The number of Topliss-reactive ketones (excluding diaryl/α,β-unsaturated/α-hetero) is 2. The van der Waals surface area contributed by atoms with Gasteiger partial charge in [-0.25, -0.2) is 4.79 Å². The molecule has 0 bridgehead atoms. The summed E-state index contributed by atoms with van der Waals surface area (Å²) in [5, 5.41) is 37.7. The molecule has 0 rings (SSSR count). The maximum absolute atomic E-state index is 12.3. The first-order valence-electron chi connectivity index (χ1n) is 25.4. The van der Waals surface area contributed by atoms with Gasteiger partial charge in [0.05, 0.1) is 50.7 Å². The van der Waals surface area contributed by atoms with Crippen LogP contribution in [0.3, 0.4) is 0 Å². The first kappa shape index (κ1) is 78.7. The summed E-state index contributed by atoms with van der Waals surface area (Å²) >= 11 is 1.25. The molecule has 21 nitrogen and oxygen atoms in total. The second-order valence-corrected chi connectivity index (χ2v) is 18.3. The fourth-order valence-corrected chi connectivity index (χ4v) is 7.32. The average Bonchev–Trinajstić information content (AvgIpc) is 3.31. The Morgan fingerprint density at radius 1 is 0.514 bits per heavy atom. The van der Waals surface area contributed by atoms with Crippen molar-refractivity contribution >= 4 is 64.9 Å². The molecule has 22 heteroatoms. The number of carboxylic acids is 3. The van der Waals surface area contributed by atoms with E-state index in [1.807, 2.05) is 0 Å². The van der Waals surface area contributed by atoms with Crippen LogP contribution in [0.15, 0.2) is 0 Å². The number of carbonyl (C=O) groups excluding carboxylic acids is 6. The molecule has 0 aliphatic rings. The summed E-state index contributed by atoms with van der Waals surface area (Å²) in [5.41, 5.74) is 5.09. The fraction of sp³-hybridized carbons (Fsp3) is 0.827. The van der Waals surface area contributed by atoms with E-state index >= 15 is 0 Å². The summed E-state index contributed by atoms with van der Waals surface area (Å²) in [4.78, 5) is 104. The molecular formula is C52H101N5O16S. The third kappa shape index (κ3) is 57.1. The van der Waals surface area contributed by atoms with Gasteiger partial charge in [-0.2, -0.15) is 11.8 Å². The number of hydrogen-bond donors (Lipinski definition) is 8. The number of thioether (sulfide) groups is 1. The lowest BCUT2D eigenvalue weighted by Gasteiger charge is -2.14. The van der Waals surface area contributed by atoms with Crippen LogP contribution in [-0.2, 0) is 62.1 Å². The van der Waals surface area contributed by atoms with Crippen LogP contribution in [0.2, 0.25) is 0 Å². The first-order valence-corrected chi connectivity index (χ1v) is 26.6. The van der Waals surface area contributed by atoms with Gasteiger partial charge in [-0.1, -0.05) is 106 Å². The fourth-order valence-electron chi connectivity index (χ4n) is 6.26. The van der Waals surface area contributed by atoms with Gasteiger partial charge < -0.3 is 61.3 Å². The van der Waals surface area contributed by atoms with Crippen molar-refractivity contribution in [2.75, 3.05) is 84.0 Å². The van der Waals surface area contributed by atoms with Gasteiger partial charge in [-0.3, -0.25) is 38.4 Å². The Balaban J connectivity index is -0.00000165. The third-order valence-corrected chi connectivity index (χ3v) is 11.8. The Hall–Kier alpha value is -4.22. The summed E-state index contributed by atoms with van der Waals surface area (Å²) in [6.07, 6.45) is 16.8. The van der Waals surface area contributed by atoms with E-state index < -0.39 is 29.9 Å². The molecule has 0 fully saturated rings. The molecule has 0 saturated carbocycles. The van der Waals surface area contributed by atoms with E-state index in [1.165, 1.54) is 63.6 Å². The van der Waals surface area contributed by atoms with Gasteiger partial charge in [0.2, 0.25) is 23.6 Å². The van der Waals surface area contributed by atoms with Crippen molar-refractivity contribution in [3.8, 4) is 0 Å². The molecule has 0 aromatic heterocycles. The molecule has 0 radical (unpaired) electrons. The molecule has 0 aromatic rings. The standard InChI is InChI=1S/C45H80N4O15S.C4H9NO.3CH4/c1-2-36(44(57)58)34-65-35-42(54)47-24-23-46-40(52)32-64-31-29-62-27-25-48-41(53)33-63-30-28-61-26-17-18-37(50)21-22-38(45(59)60)49-39(51)19-15-13-11-9-7-5-3-4-6-8-10-12-14-16-20-43(55)56;1-3(5)4(2)6;;;/h36,38H,2-35H2,1H3,(H,46,52)(H,47,54)(H,48,53)(H,49,51)(H,55,56)(H,57,58)(H,59,60);3H,5H2,1-2H3;3*1H4/t36-,38-;3-;;;/m00.../s1. The molecule has 0 spiro atoms. The van der Waals surface area contributed by atoms with Crippen LogP contribution in [0.1, 0.15) is 178 Å². The Morgan fingerprint density at radius 2 is 0.946 bits per heavy atom. The molecule has 0 aromatic carbocycles. The van der Waals surface area contributed by atoms with E-state index in [4.69, 9.17) is 34.9 Å². The Labute approximate surface area is 447 Å². The van der Waals surface area contributed by atoms with Crippen molar-refractivity contribution in [2.45, 2.75) is 190 Å². The molecular weight excluding hydrogens is 983 g/mol. The summed E-state index contributed by atoms with van der Waals surface area (Å²) in [5.74, 6) is -4.05. The first-order chi connectivity index (χ1) is 34.0. The van der Waals surface area contributed by atoms with Crippen molar-refractivity contribution in [1.29, 1.82) is 0 Å². The normalized spacial score (nSPS) is 11.6. The number of hydrogen-bond acceptors (Lipinski definition) is 15. The summed E-state index contributed by atoms with van der Waals surface area (Å²) < 4.78 is 21.4. The number of amides is 4. The van der Waals surface area contributed by atoms with Gasteiger partial charge in [0.1, 0.15) is 30.8 Å². The van der Waals surface area contributed by atoms with Crippen LogP contribution < -0.4 is 27.0 Å². The molecule has 4 amide bonds. The predicted molar refractivity (Wildman–Crippen MR) is 290 cm³/mol. The number of carboxylic acid groups (broad SMARTS) is 3. The largest absolute Gasteiger partial charge is 0.481 e. The molecule has 0 aliphatic carbocycles. The second-order valence-electron chi connectivity index (χ2n) is 17.2. The summed E-state index contributed by atoms with van der Waals surface area (Å²) in [6, 6.07) is -1.40. The highest BCUT2D eigenvalue weighted by molar-refractivity contribution is 7.99. The lowest BCUT2D eigenvalue weighted by molar-refractivity contribution is -0.142. The van der Waals surface area contributed by atoms with Gasteiger partial charge in [0.25, 0.3) is 0 Å². The lowest BCUT2D eigenvalue weighted by Crippen LogP contribution is -2.41. The molecule has 0 unspecified atom stereocenters. The minimum absolute atomic E-state index is 0. The van der Waals surface area contributed by atoms with Crippen molar-refractivity contribution in [1.82, 2.24) is 21.3 Å². The lowest BCUT2D eigenvalue weighted by atomic mass is 10.0. The van der Waals surface area contributed by atoms with Crippen LogP contribution in [-0.4, -0.2) is 165 Å². The number of carbonyl (C=O) groups is 9. The van der Waals surface area contributed by atoms with Gasteiger partial charge >= 0.3 is 17.9 Å². The van der Waals surface area contributed by atoms with Crippen LogP contribution in [0.5, 0.6) is 0 Å². The maximum Gasteiger partial charge on any atom is 0.326 e. The zero-order chi connectivity index (χ0) is 53.3. The number of unbranched alkanes of at least 4 members (excludes halogenated alkanes) is 13. The number of ketones is 2. The molecule has 9 N–H and O–H groups in total. The molecule has 74 heavy (non-hydrogen) atoms. The third-order valence-electron chi connectivity index (χ3n) is 10.7. The average molecular weight is 1080 g/mol. The van der Waals surface area contributed by atoms with Crippen molar-refractivity contribution in [3.05, 3.63) is 0 Å². The SMILES string of the molecule is C.C.C.CC(=O)[C@H](C)N.CC[C@@H](CSCC(=O)NCCNC(=O)COCCOCCNC(=O)COCCOCCCC(=O)CC[C@H](NC(=O)CCCCCCCCCCCCCCCCC(=O)O)C(=O)O)C(=O)O. The van der Waals surface area contributed by atoms with E-state index in [-0.39, 0.29) is 167 Å². The van der Waals surface area contributed by atoms with Gasteiger partial charge in [0.15, 0.2) is 0 Å². The topological polar surface area (TPSA) is 325 Å². The number of ether oxygens (including phenoxy) is 4. The van der Waals surface area contributed by atoms with E-state index in [9.17, 15) is 48.3 Å². The van der Waals surface area contributed by atoms with Crippen molar-refractivity contribution in [2.24, 2.45) is 11.7 Å². The van der Waals surface area contributed by atoms with Crippen LogP contribution in [0.4, 0.5) is 0 Å². The summed E-state index contributed by atoms with van der Waals surface area (Å²) in [7, 11) is 0. The van der Waals surface area contributed by atoms with Crippen LogP contribution >= 0.6 is 11.8 Å². The van der Waals surface area contributed by atoms with Crippen molar-refractivity contribution in [3.63, 3.8) is 0 Å². The highest BCUT2D eigenvalue weighted by Gasteiger charge is 2.21. The molecule has 0 saturated heterocycles. The van der Waals surface area contributed by atoms with Gasteiger partial charge in [-0.05, 0) is 46.0 Å². The molecule has 3 atom stereocenters. The minimum Gasteiger partial charge on any atom is -0.481 e. The van der Waals surface area contributed by atoms with Crippen molar-refractivity contribution < 1.29 is 77.4 Å². The van der Waals surface area contributed by atoms with E-state index in [0.717, 1.165) is 38.5 Å². The highest BCUT2D eigenvalue weighted by Crippen LogP contribution is 2.15. The Kier molecular flexibility index (Phi) is 60.1. The number of nitrogens with one attached hydrogen (secondary N) is 4. The summed E-state index contributed by atoms with van der Waals surface area (Å²) in [6.45, 7) is 6.60.